The van der Waals surface area contributed by atoms with E-state index in [1.165, 1.54) is 0 Å². The number of benzene rings is 1. The number of amides is 2. The molecule has 0 unspecified atom stereocenters. The van der Waals surface area contributed by atoms with Gasteiger partial charge in [-0.15, -0.1) is 0 Å². The normalized spacial score (nSPS) is 19.1. The summed E-state index contributed by atoms with van der Waals surface area (Å²) in [5.74, 6) is -0.409. The van der Waals surface area contributed by atoms with E-state index in [0.29, 0.717) is 17.3 Å². The molecule has 30 heavy (non-hydrogen) atoms. The van der Waals surface area contributed by atoms with Crippen molar-refractivity contribution in [1.82, 2.24) is 20.2 Å². The van der Waals surface area contributed by atoms with Crippen molar-refractivity contribution in [3.63, 3.8) is 0 Å². The summed E-state index contributed by atoms with van der Waals surface area (Å²) in [6.45, 7) is 4.65. The number of pyridine rings is 1. The molecular formula is C21H24ClN5O3. The minimum Gasteiger partial charge on any atom is -0.372 e. The molecule has 1 aliphatic heterocycles. The highest BCUT2D eigenvalue weighted by Crippen LogP contribution is 2.33. The Bertz CT molecular complexity index is 1130. The second-order valence-corrected chi connectivity index (χ2v) is 8.51. The minimum atomic E-state index is -0.601. The molecule has 0 radical (unpaired) electrons. The Morgan fingerprint density at radius 1 is 1.37 bits per heavy atom. The number of aromatic nitrogens is 2. The van der Waals surface area contributed by atoms with E-state index in [-0.39, 0.29) is 25.0 Å². The largest absolute Gasteiger partial charge is 0.372 e. The fourth-order valence-electron chi connectivity index (χ4n) is 3.86. The Morgan fingerprint density at radius 3 is 2.93 bits per heavy atom. The first kappa shape index (κ1) is 20.6. The molecule has 2 amide bonds. The molecule has 158 valence electrons. The molecule has 1 aliphatic rings. The number of rotatable bonds is 4. The maximum absolute atomic E-state index is 13.2. The zero-order chi connectivity index (χ0) is 21.5. The molecule has 4 rings (SSSR count). The molecule has 1 atom stereocenters. The van der Waals surface area contributed by atoms with Gasteiger partial charge in [0.25, 0.3) is 0 Å². The average Bonchev–Trinajstić information content (AvgIpc) is 3.06. The summed E-state index contributed by atoms with van der Waals surface area (Å²) >= 11 is 6.34. The highest BCUT2D eigenvalue weighted by atomic mass is 35.5. The lowest BCUT2D eigenvalue weighted by Crippen LogP contribution is -2.59. The van der Waals surface area contributed by atoms with Gasteiger partial charge in [-0.2, -0.15) is 0 Å². The first-order chi connectivity index (χ1) is 14.3. The molecular weight excluding hydrogens is 406 g/mol. The lowest BCUT2D eigenvalue weighted by molar-refractivity contribution is -0.146. The summed E-state index contributed by atoms with van der Waals surface area (Å²) < 4.78 is 5.87. The van der Waals surface area contributed by atoms with E-state index in [1.54, 1.807) is 25.5 Å². The third-order valence-corrected chi connectivity index (χ3v) is 5.53. The summed E-state index contributed by atoms with van der Waals surface area (Å²) in [5, 5.41) is 7.98. The highest BCUT2D eigenvalue weighted by Gasteiger charge is 2.38. The third-order valence-electron chi connectivity index (χ3n) is 5.32. The quantitative estimate of drug-likeness (QED) is 0.592. The van der Waals surface area contributed by atoms with Gasteiger partial charge in [-0.1, -0.05) is 11.6 Å². The third kappa shape index (κ3) is 3.98. The number of fused-ring (bicyclic) bond motifs is 3. The van der Waals surface area contributed by atoms with Gasteiger partial charge in [-0.25, -0.2) is 0 Å². The number of ether oxygens (including phenoxy) is 1. The lowest BCUT2D eigenvalue weighted by atomic mass is 10.0. The van der Waals surface area contributed by atoms with Crippen molar-refractivity contribution in [2.45, 2.75) is 25.5 Å². The first-order valence-electron chi connectivity index (χ1n) is 9.72. The summed E-state index contributed by atoms with van der Waals surface area (Å²) in [4.78, 5) is 34.5. The van der Waals surface area contributed by atoms with Gasteiger partial charge in [0.1, 0.15) is 6.04 Å². The van der Waals surface area contributed by atoms with Crippen LogP contribution in [-0.2, 0) is 14.3 Å². The molecule has 2 aromatic heterocycles. The van der Waals surface area contributed by atoms with Crippen molar-refractivity contribution in [2.24, 2.45) is 0 Å². The van der Waals surface area contributed by atoms with Crippen LogP contribution >= 0.6 is 11.6 Å². The van der Waals surface area contributed by atoms with E-state index in [9.17, 15) is 9.59 Å². The van der Waals surface area contributed by atoms with Crippen LogP contribution in [-0.4, -0.2) is 65.1 Å². The number of hydrogen-bond donors (Lipinski definition) is 3. The lowest BCUT2D eigenvalue weighted by Gasteiger charge is -2.42. The molecule has 3 N–H and O–H groups in total. The summed E-state index contributed by atoms with van der Waals surface area (Å²) in [6.07, 6.45) is 3.45. The molecule has 1 fully saturated rings. The predicted octanol–water partition coefficient (Wildman–Crippen LogP) is 2.53. The average molecular weight is 430 g/mol. The van der Waals surface area contributed by atoms with Gasteiger partial charge in [-0.05, 0) is 32.0 Å². The van der Waals surface area contributed by atoms with E-state index in [1.807, 2.05) is 30.9 Å². The fourth-order valence-corrected chi connectivity index (χ4v) is 4.08. The van der Waals surface area contributed by atoms with Crippen LogP contribution < -0.4 is 10.6 Å². The number of carbonyl (C=O) groups excluding carboxylic acids is 2. The molecule has 1 saturated heterocycles. The number of halogens is 1. The number of H-pyrrole nitrogens is 1. The monoisotopic (exact) mass is 429 g/mol. The van der Waals surface area contributed by atoms with E-state index in [2.05, 4.69) is 20.6 Å². The van der Waals surface area contributed by atoms with Crippen molar-refractivity contribution < 1.29 is 14.3 Å². The number of nitrogens with one attached hydrogen (secondary N) is 3. The molecule has 8 nitrogen and oxygen atoms in total. The Labute approximate surface area is 178 Å². The summed E-state index contributed by atoms with van der Waals surface area (Å²) in [5.41, 5.74) is 1.75. The Hall–Kier alpha value is -2.68. The van der Waals surface area contributed by atoms with Crippen LogP contribution in [0.25, 0.3) is 21.8 Å². The van der Waals surface area contributed by atoms with Gasteiger partial charge in [0.2, 0.25) is 11.8 Å². The minimum absolute atomic E-state index is 0.115. The Morgan fingerprint density at radius 2 is 2.17 bits per heavy atom. The predicted molar refractivity (Wildman–Crippen MR) is 117 cm³/mol. The van der Waals surface area contributed by atoms with Crippen LogP contribution in [0.15, 0.2) is 30.6 Å². The molecule has 3 heterocycles. The fraction of sp³-hybridized carbons (Fsp3) is 0.381. The number of likely N-dealkylation sites (N-methyl/N-ethyl adjacent to an activating group) is 1. The standard InChI is InChI=1S/C21H24ClN5O3/c1-21(2)11-27(9-18(28)23-3)17(10-30-21)20(29)26-15-7-12(22)6-14-13-4-5-24-8-16(13)25-19(14)15/h4-8,17,25H,9-11H2,1-3H3,(H,23,28)(H,26,29)/t17-/m0/s1. The summed E-state index contributed by atoms with van der Waals surface area (Å²) in [6, 6.07) is 4.87. The van der Waals surface area contributed by atoms with Crippen LogP contribution in [0.1, 0.15) is 13.8 Å². The number of carbonyl (C=O) groups is 2. The van der Waals surface area contributed by atoms with Gasteiger partial charge in [0, 0.05) is 35.6 Å². The van der Waals surface area contributed by atoms with Gasteiger partial charge in [-0.3, -0.25) is 19.5 Å². The zero-order valence-corrected chi connectivity index (χ0v) is 17.8. The molecule has 1 aromatic carbocycles. The number of aromatic amines is 1. The van der Waals surface area contributed by atoms with Crippen LogP contribution in [0, 0.1) is 0 Å². The highest BCUT2D eigenvalue weighted by molar-refractivity contribution is 6.33. The van der Waals surface area contributed by atoms with E-state index in [4.69, 9.17) is 16.3 Å². The van der Waals surface area contributed by atoms with Gasteiger partial charge >= 0.3 is 0 Å². The van der Waals surface area contributed by atoms with Gasteiger partial charge in [0.15, 0.2) is 0 Å². The topological polar surface area (TPSA) is 99.4 Å². The molecule has 0 bridgehead atoms. The SMILES string of the molecule is CNC(=O)CN1CC(C)(C)OC[C@H]1C(=O)Nc1cc(Cl)cc2c1[nH]c1cnccc12. The Kier molecular flexibility index (Phi) is 5.40. The second-order valence-electron chi connectivity index (χ2n) is 8.08. The number of hydrogen-bond acceptors (Lipinski definition) is 5. The van der Waals surface area contributed by atoms with Gasteiger partial charge in [0.05, 0.1) is 41.7 Å². The number of nitrogens with zero attached hydrogens (tertiary/aromatic N) is 2. The van der Waals surface area contributed by atoms with Crippen molar-refractivity contribution in [3.8, 4) is 0 Å². The second kappa shape index (κ2) is 7.86. The van der Waals surface area contributed by atoms with Crippen molar-refractivity contribution in [3.05, 3.63) is 35.6 Å². The maximum atomic E-state index is 13.2. The van der Waals surface area contributed by atoms with E-state index >= 15 is 0 Å². The maximum Gasteiger partial charge on any atom is 0.244 e. The van der Waals surface area contributed by atoms with Gasteiger partial charge < -0.3 is 20.4 Å². The molecule has 3 aromatic rings. The van der Waals surface area contributed by atoms with E-state index in [0.717, 1.165) is 21.8 Å². The zero-order valence-electron chi connectivity index (χ0n) is 17.1. The smallest absolute Gasteiger partial charge is 0.244 e. The van der Waals surface area contributed by atoms with Crippen LogP contribution in [0.5, 0.6) is 0 Å². The molecule has 9 heteroatoms. The molecule has 0 aliphatic carbocycles. The molecule has 0 saturated carbocycles. The van der Waals surface area contributed by atoms with Crippen LogP contribution in [0.2, 0.25) is 5.02 Å². The van der Waals surface area contributed by atoms with Crippen LogP contribution in [0.3, 0.4) is 0 Å². The Balaban J connectivity index is 1.65. The first-order valence-corrected chi connectivity index (χ1v) is 10.1. The molecule has 0 spiro atoms. The number of anilines is 1. The van der Waals surface area contributed by atoms with Crippen molar-refractivity contribution >= 4 is 50.9 Å². The van der Waals surface area contributed by atoms with Crippen molar-refractivity contribution in [2.75, 3.05) is 32.1 Å². The summed E-state index contributed by atoms with van der Waals surface area (Å²) in [7, 11) is 1.58. The number of morpholine rings is 1. The van der Waals surface area contributed by atoms with Crippen molar-refractivity contribution in [1.29, 1.82) is 0 Å². The van der Waals surface area contributed by atoms with Crippen LogP contribution in [0.4, 0.5) is 5.69 Å². The van der Waals surface area contributed by atoms with E-state index < -0.39 is 11.6 Å².